The first-order valence-electron chi connectivity index (χ1n) is 23.7. The standard InChI is InChI=1S/C64H34F10N2/c65-41-17-21-43(22-18-41)75(45-31-37(61-49(67)5-1-6-50(61)68)29-38(32-45)62-51(69)7-2-8-52(62)70)57-27-15-35-14-26-48-58(28-16-36-13-25-47(57)59(35)60(36)48)76(44-23-19-42(66)20-24-44)46-33-39(63-53(71)9-3-10-54(63)72)30-40(34-46)64-55(73)11-4-12-56(64)74/h1-34H. The van der Waals surface area contributed by atoms with Crippen LogP contribution in [0, 0.1) is 58.2 Å². The predicted octanol–water partition coefficient (Wildman–Crippen LogP) is 19.6. The Labute approximate surface area is 427 Å². The second-order valence-corrected chi connectivity index (χ2v) is 18.1. The summed E-state index contributed by atoms with van der Waals surface area (Å²) in [5, 5.41) is 4.06. The zero-order chi connectivity index (χ0) is 52.5. The van der Waals surface area contributed by atoms with Crippen LogP contribution in [0.3, 0.4) is 0 Å². The molecule has 0 unspecified atom stereocenters. The second kappa shape index (κ2) is 18.8. The molecule has 0 radical (unpaired) electrons. The maximum Gasteiger partial charge on any atom is 0.133 e. The fourth-order valence-corrected chi connectivity index (χ4v) is 10.3. The van der Waals surface area contributed by atoms with Crippen molar-refractivity contribution in [1.29, 1.82) is 0 Å². The summed E-state index contributed by atoms with van der Waals surface area (Å²) in [6, 6.07) is 47.5. The lowest BCUT2D eigenvalue weighted by Crippen LogP contribution is -2.12. The molecule has 0 bridgehead atoms. The lowest BCUT2D eigenvalue weighted by atomic mass is 9.91. The number of benzene rings is 12. The van der Waals surface area contributed by atoms with Crippen molar-refractivity contribution in [2.24, 2.45) is 0 Å². The number of halogens is 10. The van der Waals surface area contributed by atoms with Crippen LogP contribution in [0.25, 0.3) is 76.8 Å². The minimum Gasteiger partial charge on any atom is -0.310 e. The van der Waals surface area contributed by atoms with Gasteiger partial charge in [-0.25, -0.2) is 43.9 Å². The van der Waals surface area contributed by atoms with Gasteiger partial charge in [-0.3, -0.25) is 0 Å². The van der Waals surface area contributed by atoms with E-state index < -0.39 is 80.4 Å². The molecule has 12 aromatic rings. The van der Waals surface area contributed by atoms with Gasteiger partial charge in [0.15, 0.2) is 0 Å². The molecule has 0 aliphatic carbocycles. The fourth-order valence-electron chi connectivity index (χ4n) is 10.3. The van der Waals surface area contributed by atoms with E-state index in [-0.39, 0.29) is 33.6 Å². The van der Waals surface area contributed by atoms with Gasteiger partial charge < -0.3 is 9.80 Å². The molecular weight excluding hydrogens is 987 g/mol. The Morgan fingerprint density at radius 2 is 0.500 bits per heavy atom. The first kappa shape index (κ1) is 47.6. The summed E-state index contributed by atoms with van der Waals surface area (Å²) in [7, 11) is 0. The molecule has 370 valence electrons. The van der Waals surface area contributed by atoms with Gasteiger partial charge in [-0.05, 0) is 189 Å². The van der Waals surface area contributed by atoms with Crippen molar-refractivity contribution in [3.05, 3.63) is 264 Å². The summed E-state index contributed by atoms with van der Waals surface area (Å²) >= 11 is 0. The van der Waals surface area contributed by atoms with E-state index in [0.29, 0.717) is 44.3 Å². The van der Waals surface area contributed by atoms with Gasteiger partial charge in [-0.1, -0.05) is 60.7 Å². The molecule has 0 atom stereocenters. The van der Waals surface area contributed by atoms with Crippen molar-refractivity contribution < 1.29 is 43.9 Å². The van der Waals surface area contributed by atoms with Gasteiger partial charge in [0, 0.05) is 33.5 Å². The summed E-state index contributed by atoms with van der Waals surface area (Å²) in [5.74, 6) is -8.57. The highest BCUT2D eigenvalue weighted by Crippen LogP contribution is 2.50. The quantitative estimate of drug-likeness (QED) is 0.0995. The van der Waals surface area contributed by atoms with Crippen LogP contribution in [0.4, 0.5) is 78.0 Å². The van der Waals surface area contributed by atoms with Gasteiger partial charge in [-0.15, -0.1) is 0 Å². The minimum absolute atomic E-state index is 0.0520. The topological polar surface area (TPSA) is 6.48 Å². The van der Waals surface area contributed by atoms with Crippen molar-refractivity contribution in [1.82, 2.24) is 0 Å². The first-order valence-corrected chi connectivity index (χ1v) is 23.7. The SMILES string of the molecule is Fc1ccc(N(c2cc(-c3c(F)cccc3F)cc(-c3c(F)cccc3F)c2)c2ccc3ccc4c(N(c5ccc(F)cc5)c5cc(-c6c(F)cccc6F)cc(-c6c(F)cccc6F)c5)ccc5ccc2c3c54)cc1. The van der Waals surface area contributed by atoms with Crippen LogP contribution in [0.2, 0.25) is 0 Å². The van der Waals surface area contributed by atoms with Gasteiger partial charge in [0.1, 0.15) is 58.2 Å². The predicted molar refractivity (Wildman–Crippen MR) is 281 cm³/mol. The van der Waals surface area contributed by atoms with Crippen LogP contribution in [0.1, 0.15) is 0 Å². The van der Waals surface area contributed by atoms with Crippen molar-refractivity contribution in [3.63, 3.8) is 0 Å². The number of anilines is 6. The Hall–Kier alpha value is -9.42. The Morgan fingerprint density at radius 1 is 0.237 bits per heavy atom. The van der Waals surface area contributed by atoms with Crippen molar-refractivity contribution in [3.8, 4) is 44.5 Å². The summed E-state index contributed by atoms with van der Waals surface area (Å²) in [5.41, 5.74) is -0.00816. The van der Waals surface area contributed by atoms with Crippen molar-refractivity contribution >= 4 is 66.4 Å². The molecular formula is C64H34F10N2. The monoisotopic (exact) mass is 1020 g/mol. The van der Waals surface area contributed by atoms with Gasteiger partial charge in [0.05, 0.1) is 33.6 Å². The zero-order valence-electron chi connectivity index (χ0n) is 39.3. The minimum atomic E-state index is -0.930. The summed E-state index contributed by atoms with van der Waals surface area (Å²) in [6.07, 6.45) is 0. The van der Waals surface area contributed by atoms with Crippen LogP contribution in [0.5, 0.6) is 0 Å². The summed E-state index contributed by atoms with van der Waals surface area (Å²) in [4.78, 5) is 3.39. The van der Waals surface area contributed by atoms with E-state index in [0.717, 1.165) is 59.3 Å². The van der Waals surface area contributed by atoms with Gasteiger partial charge >= 0.3 is 0 Å². The molecule has 0 aliphatic heterocycles. The highest BCUT2D eigenvalue weighted by atomic mass is 19.2. The Kier molecular flexibility index (Phi) is 11.8. The van der Waals surface area contributed by atoms with E-state index >= 15 is 35.1 Å². The van der Waals surface area contributed by atoms with E-state index in [1.54, 1.807) is 21.9 Å². The maximum absolute atomic E-state index is 15.7. The van der Waals surface area contributed by atoms with Crippen LogP contribution >= 0.6 is 0 Å². The summed E-state index contributed by atoms with van der Waals surface area (Å²) in [6.45, 7) is 0. The van der Waals surface area contributed by atoms with E-state index in [9.17, 15) is 8.78 Å². The van der Waals surface area contributed by atoms with E-state index in [1.165, 1.54) is 109 Å². The smallest absolute Gasteiger partial charge is 0.133 e. The number of rotatable bonds is 10. The average molecular weight is 1020 g/mol. The third-order valence-corrected chi connectivity index (χ3v) is 13.6. The summed E-state index contributed by atoms with van der Waals surface area (Å²) < 4.78 is 156. The largest absolute Gasteiger partial charge is 0.310 e. The lowest BCUT2D eigenvalue weighted by molar-refractivity contribution is 0.588. The molecule has 0 aliphatic rings. The molecule has 0 N–H and O–H groups in total. The fraction of sp³-hybridized carbons (Fsp3) is 0. The lowest BCUT2D eigenvalue weighted by Gasteiger charge is -2.30. The Balaban J connectivity index is 1.13. The van der Waals surface area contributed by atoms with Crippen LogP contribution in [-0.2, 0) is 0 Å². The van der Waals surface area contributed by atoms with Gasteiger partial charge in [0.25, 0.3) is 0 Å². The van der Waals surface area contributed by atoms with Gasteiger partial charge in [-0.2, -0.15) is 0 Å². The molecule has 0 amide bonds. The number of nitrogens with zero attached hydrogens (tertiary/aromatic N) is 2. The highest BCUT2D eigenvalue weighted by Gasteiger charge is 2.27. The van der Waals surface area contributed by atoms with Gasteiger partial charge in [0.2, 0.25) is 0 Å². The molecule has 0 saturated heterocycles. The normalized spacial score (nSPS) is 11.6. The molecule has 2 nitrogen and oxygen atoms in total. The van der Waals surface area contributed by atoms with Crippen LogP contribution in [-0.4, -0.2) is 0 Å². The van der Waals surface area contributed by atoms with Crippen molar-refractivity contribution in [2.45, 2.75) is 0 Å². The highest BCUT2D eigenvalue weighted by molar-refractivity contribution is 6.28. The molecule has 0 fully saturated rings. The number of hydrogen-bond donors (Lipinski definition) is 0. The second-order valence-electron chi connectivity index (χ2n) is 18.1. The third kappa shape index (κ3) is 8.19. The zero-order valence-corrected chi connectivity index (χ0v) is 39.3. The average Bonchev–Trinajstić information content (AvgIpc) is 3.53. The Bertz CT molecular complexity index is 3760. The van der Waals surface area contributed by atoms with Crippen LogP contribution in [0.15, 0.2) is 206 Å². The number of hydrogen-bond acceptors (Lipinski definition) is 2. The molecule has 12 aromatic carbocycles. The Morgan fingerprint density at radius 3 is 0.776 bits per heavy atom. The maximum atomic E-state index is 15.7. The molecule has 0 saturated carbocycles. The molecule has 12 rings (SSSR count). The van der Waals surface area contributed by atoms with E-state index in [2.05, 4.69) is 0 Å². The van der Waals surface area contributed by atoms with E-state index in [1.807, 2.05) is 36.4 Å². The van der Waals surface area contributed by atoms with Crippen LogP contribution < -0.4 is 9.80 Å². The third-order valence-electron chi connectivity index (χ3n) is 13.6. The molecule has 12 heteroatoms. The molecule has 0 aromatic heterocycles. The van der Waals surface area contributed by atoms with E-state index in [4.69, 9.17) is 0 Å². The van der Waals surface area contributed by atoms with Crippen molar-refractivity contribution in [2.75, 3.05) is 9.80 Å². The molecule has 0 heterocycles. The molecule has 0 spiro atoms. The molecule has 76 heavy (non-hydrogen) atoms. The first-order chi connectivity index (χ1) is 36.8.